The van der Waals surface area contributed by atoms with E-state index < -0.39 is 40.1 Å². The molecule has 0 aromatic carbocycles. The highest BCUT2D eigenvalue weighted by molar-refractivity contribution is 7.90. The van der Waals surface area contributed by atoms with Crippen molar-refractivity contribution in [2.24, 2.45) is 0 Å². The Hall–Kier alpha value is -3.28. The van der Waals surface area contributed by atoms with Gasteiger partial charge in [-0.1, -0.05) is 0 Å². The first kappa shape index (κ1) is 15.0. The van der Waals surface area contributed by atoms with Crippen molar-refractivity contribution < 1.29 is 26.8 Å². The molecular formula is C14H16N6O5S. The number of nitrogens with one attached hydrogen (secondary N) is 3. The van der Waals surface area contributed by atoms with Crippen LogP contribution in [0.3, 0.4) is 0 Å². The maximum atomic E-state index is 12.3. The van der Waals surface area contributed by atoms with Crippen LogP contribution < -0.4 is 20.7 Å². The van der Waals surface area contributed by atoms with Crippen LogP contribution in [0, 0.1) is 5.21 Å². The van der Waals surface area contributed by atoms with Gasteiger partial charge in [0.1, 0.15) is 0 Å². The van der Waals surface area contributed by atoms with Crippen LogP contribution in [-0.2, 0) is 14.6 Å². The fraction of sp³-hybridized carbons (Fsp3) is 0.214. The predicted molar refractivity (Wildman–Crippen MR) is 91.5 cm³/mol. The third kappa shape index (κ3) is 4.22. The average molecular weight is 383 g/mol. The molecule has 12 heteroatoms. The summed E-state index contributed by atoms with van der Waals surface area (Å²) >= 11 is 0. The van der Waals surface area contributed by atoms with Gasteiger partial charge in [0.2, 0.25) is 5.91 Å². The molecule has 11 nitrogen and oxygen atoms in total. The predicted octanol–water partition coefficient (Wildman–Crippen LogP) is -0.425. The van der Waals surface area contributed by atoms with Crippen LogP contribution >= 0.6 is 0 Å². The van der Waals surface area contributed by atoms with Crippen molar-refractivity contribution in [3.63, 3.8) is 0 Å². The second kappa shape index (κ2) is 7.31. The van der Waals surface area contributed by atoms with Gasteiger partial charge < -0.3 is 15.8 Å². The first-order valence-electron chi connectivity index (χ1n) is 8.45. The van der Waals surface area contributed by atoms with Gasteiger partial charge in [-0.15, -0.1) is 10.2 Å². The van der Waals surface area contributed by atoms with E-state index in [0.717, 1.165) is 24.6 Å². The molecule has 138 valence electrons. The van der Waals surface area contributed by atoms with Gasteiger partial charge in [-0.05, 0) is 12.1 Å². The van der Waals surface area contributed by atoms with E-state index >= 15 is 0 Å². The maximum absolute atomic E-state index is 12.3. The van der Waals surface area contributed by atoms with Gasteiger partial charge in [-0.2, -0.15) is 0 Å². The normalized spacial score (nSPS) is 13.1. The van der Waals surface area contributed by atoms with E-state index in [2.05, 4.69) is 20.8 Å². The lowest BCUT2D eigenvalue weighted by Gasteiger charge is -2.13. The highest BCUT2D eigenvalue weighted by Crippen LogP contribution is 2.24. The number of aromatic nitrogens is 3. The zero-order chi connectivity index (χ0) is 22.0. The third-order valence-electron chi connectivity index (χ3n) is 3.00. The van der Waals surface area contributed by atoms with Gasteiger partial charge in [0.25, 0.3) is 5.91 Å². The van der Waals surface area contributed by atoms with E-state index in [1.54, 1.807) is 5.32 Å². The van der Waals surface area contributed by atoms with Gasteiger partial charge >= 0.3 is 5.82 Å². The zero-order valence-corrected chi connectivity index (χ0v) is 14.4. The minimum atomic E-state index is -3.85. The first-order chi connectivity index (χ1) is 13.3. The lowest BCUT2D eigenvalue weighted by molar-refractivity contribution is -0.591. The molecule has 0 fully saturated rings. The number of nitrogens with zero attached hydrogens (tertiary/aromatic N) is 3. The van der Waals surface area contributed by atoms with Crippen molar-refractivity contribution in [2.75, 3.05) is 23.9 Å². The number of sulfone groups is 1. The van der Waals surface area contributed by atoms with Crippen LogP contribution in [0.1, 0.15) is 21.5 Å². The quantitative estimate of drug-likeness (QED) is 0.464. The van der Waals surface area contributed by atoms with E-state index in [-0.39, 0.29) is 21.1 Å². The maximum Gasteiger partial charge on any atom is 0.301 e. The summed E-state index contributed by atoms with van der Waals surface area (Å²) in [5, 5.41) is 25.8. The summed E-state index contributed by atoms with van der Waals surface area (Å²) in [7, 11) is -3.85. The third-order valence-corrected chi connectivity index (χ3v) is 4.13. The molecule has 2 rings (SSSR count). The Morgan fingerprint density at radius 3 is 2.69 bits per heavy atom. The Balaban J connectivity index is 2.61. The minimum Gasteiger partial charge on any atom is -0.711 e. The number of amides is 2. The minimum absolute atomic E-state index is 0.125. The Morgan fingerprint density at radius 2 is 2.08 bits per heavy atom. The van der Waals surface area contributed by atoms with Gasteiger partial charge in [-0.3, -0.25) is 9.59 Å². The lowest BCUT2D eigenvalue weighted by atomic mass is 10.3. The Kier molecular flexibility index (Phi) is 4.22. The van der Waals surface area contributed by atoms with E-state index in [0.29, 0.717) is 0 Å². The fourth-order valence-corrected chi connectivity index (χ4v) is 2.79. The summed E-state index contributed by atoms with van der Waals surface area (Å²) in [4.78, 5) is 23.1. The van der Waals surface area contributed by atoms with Crippen molar-refractivity contribution in [3.05, 3.63) is 35.3 Å². The van der Waals surface area contributed by atoms with E-state index in [1.165, 1.54) is 13.0 Å². The van der Waals surface area contributed by atoms with Crippen molar-refractivity contribution in [2.45, 2.75) is 11.8 Å². The molecule has 2 aromatic heterocycles. The molecule has 0 saturated carbocycles. The number of hydrogen-bond donors (Lipinski definition) is 3. The molecule has 0 spiro atoms. The second-order valence-electron chi connectivity index (χ2n) is 5.07. The molecule has 0 bridgehead atoms. The fourth-order valence-electron chi connectivity index (χ4n) is 1.97. The first-order valence-corrected chi connectivity index (χ1v) is 8.84. The molecule has 0 radical (unpaired) electrons. The lowest BCUT2D eigenvalue weighted by Crippen LogP contribution is -2.32. The summed E-state index contributed by atoms with van der Waals surface area (Å²) in [6.07, 6.45) is 1.89. The van der Waals surface area contributed by atoms with Crippen molar-refractivity contribution >= 4 is 39.0 Å². The zero-order valence-electron chi connectivity index (χ0n) is 16.6. The van der Waals surface area contributed by atoms with Gasteiger partial charge in [0, 0.05) is 30.3 Å². The van der Waals surface area contributed by atoms with Crippen LogP contribution in [-0.4, -0.2) is 43.7 Å². The Morgan fingerprint density at radius 1 is 1.35 bits per heavy atom. The highest BCUT2D eigenvalue weighted by Gasteiger charge is 2.25. The second-order valence-corrected chi connectivity index (χ2v) is 7.06. The molecule has 0 aliphatic heterocycles. The Bertz CT molecular complexity index is 1070. The van der Waals surface area contributed by atoms with Gasteiger partial charge in [-0.25, -0.2) is 18.5 Å². The Labute approximate surface area is 153 Å². The van der Waals surface area contributed by atoms with E-state index in [1.807, 2.05) is 0 Å². The summed E-state index contributed by atoms with van der Waals surface area (Å²) in [6.45, 7) is -1.65. The molecule has 0 saturated heterocycles. The smallest absolute Gasteiger partial charge is 0.301 e. The van der Waals surface area contributed by atoms with Gasteiger partial charge in [0.05, 0.1) is 6.20 Å². The molecule has 2 amide bonds. The van der Waals surface area contributed by atoms with Crippen LogP contribution in [0.4, 0.5) is 17.3 Å². The molecule has 0 atom stereocenters. The number of pyridine rings is 1. The van der Waals surface area contributed by atoms with Gasteiger partial charge in [0.15, 0.2) is 31.9 Å². The SMILES string of the molecule is [2H]C([2H])([2H])NC(=O)c1nnc(NC(C)=O)cc1Nc1c(S(C)(=O)=O)ccc[n+]1[O-]. The number of rotatable bonds is 5. The summed E-state index contributed by atoms with van der Waals surface area (Å²) in [5.41, 5.74) is -0.801. The van der Waals surface area contributed by atoms with Crippen molar-refractivity contribution in [3.8, 4) is 0 Å². The molecule has 2 heterocycles. The standard InChI is InChI=1S/C14H16N6O5S/c1-8(21)16-11-7-9(12(19-18-11)14(22)15-2)17-13-10(26(3,24)25)5-4-6-20(13)23/h4-7H,1-3H3,(H,15,22)(H2,16,17,18,21)/i2D3. The van der Waals surface area contributed by atoms with Crippen molar-refractivity contribution in [1.82, 2.24) is 15.5 Å². The molecule has 2 aromatic rings. The largest absolute Gasteiger partial charge is 0.711 e. The number of hydrogen-bond acceptors (Lipinski definition) is 8. The molecular weight excluding hydrogens is 364 g/mol. The van der Waals surface area contributed by atoms with E-state index in [4.69, 9.17) is 4.11 Å². The average Bonchev–Trinajstić information content (AvgIpc) is 2.53. The summed E-state index contributed by atoms with van der Waals surface area (Å²) in [5.74, 6) is -2.26. The highest BCUT2D eigenvalue weighted by atomic mass is 32.2. The van der Waals surface area contributed by atoms with Crippen LogP contribution in [0.25, 0.3) is 0 Å². The topological polar surface area (TPSA) is 157 Å². The van der Waals surface area contributed by atoms with Crippen LogP contribution in [0.2, 0.25) is 0 Å². The molecule has 0 aliphatic carbocycles. The molecule has 0 aliphatic rings. The molecule has 26 heavy (non-hydrogen) atoms. The monoisotopic (exact) mass is 383 g/mol. The summed E-state index contributed by atoms with van der Waals surface area (Å²) in [6, 6.07) is 3.48. The summed E-state index contributed by atoms with van der Waals surface area (Å²) < 4.78 is 45.6. The van der Waals surface area contributed by atoms with Crippen LogP contribution in [0.5, 0.6) is 0 Å². The van der Waals surface area contributed by atoms with Crippen molar-refractivity contribution in [1.29, 1.82) is 0 Å². The van der Waals surface area contributed by atoms with Crippen LogP contribution in [0.15, 0.2) is 29.3 Å². The molecule has 3 N–H and O–H groups in total. The number of anilines is 3. The van der Waals surface area contributed by atoms with E-state index in [9.17, 15) is 23.2 Å². The number of carbonyl (C=O) groups is 2. The number of carbonyl (C=O) groups excluding carboxylic acids is 2. The molecule has 0 unspecified atom stereocenters.